The van der Waals surface area contributed by atoms with Gasteiger partial charge in [-0.3, -0.25) is 14.6 Å². The van der Waals surface area contributed by atoms with E-state index in [-0.39, 0.29) is 0 Å². The van der Waals surface area contributed by atoms with Crippen LogP contribution in [0.25, 0.3) is 10.9 Å². The number of nitrogens with zero attached hydrogens (tertiary/aromatic N) is 3. The summed E-state index contributed by atoms with van der Waals surface area (Å²) >= 11 is 0. The van der Waals surface area contributed by atoms with Gasteiger partial charge in [-0.05, 0) is 17.7 Å². The number of carboxylic acid groups (broad SMARTS) is 1. The average molecular weight is 418 g/mol. The number of carbonyl (C=O) groups is 1. The molecule has 1 atom stereocenters. The van der Waals surface area contributed by atoms with Crippen LogP contribution in [0.4, 0.5) is 0 Å². The lowest BCUT2D eigenvalue weighted by molar-refractivity contribution is -0.144. The van der Waals surface area contributed by atoms with Crippen molar-refractivity contribution < 1.29 is 14.6 Å². The van der Waals surface area contributed by atoms with Crippen LogP contribution in [0.2, 0.25) is 0 Å². The minimum Gasteiger partial charge on any atom is -0.489 e. The van der Waals surface area contributed by atoms with Gasteiger partial charge < -0.3 is 14.8 Å². The molecule has 1 fully saturated rings. The predicted octanol–water partition coefficient (Wildman–Crippen LogP) is 3.40. The van der Waals surface area contributed by atoms with Gasteiger partial charge in [0.2, 0.25) is 0 Å². The molecule has 0 unspecified atom stereocenters. The summed E-state index contributed by atoms with van der Waals surface area (Å²) < 4.78 is 5.90. The van der Waals surface area contributed by atoms with Gasteiger partial charge in [0.1, 0.15) is 18.4 Å². The van der Waals surface area contributed by atoms with E-state index in [0.717, 1.165) is 47.4 Å². The molecule has 0 amide bonds. The van der Waals surface area contributed by atoms with E-state index in [0.29, 0.717) is 26.1 Å². The van der Waals surface area contributed by atoms with E-state index in [1.54, 1.807) is 6.20 Å². The summed E-state index contributed by atoms with van der Waals surface area (Å²) in [6, 6.07) is 17.2. The maximum absolute atomic E-state index is 12.2. The number of hydrogen-bond donors (Lipinski definition) is 2. The summed E-state index contributed by atoms with van der Waals surface area (Å²) in [6.45, 7) is 4.08. The van der Waals surface area contributed by atoms with E-state index >= 15 is 0 Å². The highest BCUT2D eigenvalue weighted by Gasteiger charge is 2.32. The number of aromatic nitrogens is 1. The van der Waals surface area contributed by atoms with Gasteiger partial charge in [-0.25, -0.2) is 0 Å². The third-order valence-corrected chi connectivity index (χ3v) is 5.77. The molecule has 4 rings (SSSR count). The molecule has 0 spiro atoms. The summed E-state index contributed by atoms with van der Waals surface area (Å²) in [5.41, 5.74) is 2.72. The van der Waals surface area contributed by atoms with E-state index in [9.17, 15) is 9.90 Å². The Morgan fingerprint density at radius 1 is 1.16 bits per heavy atom. The molecule has 0 radical (unpaired) electrons. The number of aromatic amines is 1. The van der Waals surface area contributed by atoms with Crippen LogP contribution in [0.5, 0.6) is 5.75 Å². The number of hydrogen-bond acceptors (Lipinski definition) is 5. The molecular formula is C24H26N4O3. The van der Waals surface area contributed by atoms with Crippen LogP contribution < -0.4 is 4.74 Å². The average Bonchev–Trinajstić information content (AvgIpc) is 3.20. The van der Waals surface area contributed by atoms with Gasteiger partial charge >= 0.3 is 5.97 Å². The molecule has 3 aromatic rings. The number of nitriles is 1. The van der Waals surface area contributed by atoms with Crippen LogP contribution >= 0.6 is 0 Å². The molecule has 160 valence electrons. The van der Waals surface area contributed by atoms with Gasteiger partial charge in [-0.1, -0.05) is 30.3 Å². The van der Waals surface area contributed by atoms with Crippen LogP contribution in [-0.4, -0.2) is 58.6 Å². The number of rotatable bonds is 8. The van der Waals surface area contributed by atoms with Crippen LogP contribution in [0, 0.1) is 11.3 Å². The van der Waals surface area contributed by atoms with Crippen molar-refractivity contribution in [3.05, 3.63) is 65.9 Å². The first-order valence-electron chi connectivity index (χ1n) is 10.5. The Bertz CT molecular complexity index is 1070. The van der Waals surface area contributed by atoms with Crippen LogP contribution in [-0.2, 0) is 11.4 Å². The SMILES string of the molecule is N#CCCN1CCN([C@@H](C(=O)O)c2c[nH]c3cc(OCc4ccccc4)ccc23)CC1. The lowest BCUT2D eigenvalue weighted by Crippen LogP contribution is -2.49. The number of carboxylic acids is 1. The predicted molar refractivity (Wildman–Crippen MR) is 118 cm³/mol. The Hall–Kier alpha value is -3.34. The Labute approximate surface area is 181 Å². The zero-order valence-electron chi connectivity index (χ0n) is 17.3. The van der Waals surface area contributed by atoms with Crippen molar-refractivity contribution in [2.75, 3.05) is 32.7 Å². The molecule has 1 aliphatic heterocycles. The van der Waals surface area contributed by atoms with Crippen molar-refractivity contribution in [2.24, 2.45) is 0 Å². The Morgan fingerprint density at radius 2 is 1.94 bits per heavy atom. The molecule has 0 aliphatic carbocycles. The second-order valence-electron chi connectivity index (χ2n) is 7.75. The summed E-state index contributed by atoms with van der Waals surface area (Å²) in [5, 5.41) is 19.7. The normalized spacial score (nSPS) is 16.1. The van der Waals surface area contributed by atoms with Crippen LogP contribution in [0.3, 0.4) is 0 Å². The maximum atomic E-state index is 12.2. The second-order valence-corrected chi connectivity index (χ2v) is 7.75. The largest absolute Gasteiger partial charge is 0.489 e. The number of aliphatic carboxylic acids is 1. The number of H-pyrrole nitrogens is 1. The third-order valence-electron chi connectivity index (χ3n) is 5.77. The molecule has 1 saturated heterocycles. The summed E-state index contributed by atoms with van der Waals surface area (Å²) in [7, 11) is 0. The first-order chi connectivity index (χ1) is 15.2. The van der Waals surface area contributed by atoms with Crippen molar-refractivity contribution in [3.8, 4) is 11.8 Å². The Morgan fingerprint density at radius 3 is 2.65 bits per heavy atom. The monoisotopic (exact) mass is 418 g/mol. The highest BCUT2D eigenvalue weighted by Crippen LogP contribution is 2.31. The smallest absolute Gasteiger partial charge is 0.325 e. The molecule has 7 heteroatoms. The molecule has 0 saturated carbocycles. The molecule has 0 bridgehead atoms. The van der Waals surface area contributed by atoms with Crippen molar-refractivity contribution in [1.29, 1.82) is 5.26 Å². The summed E-state index contributed by atoms with van der Waals surface area (Å²) in [4.78, 5) is 19.6. The topological polar surface area (TPSA) is 92.6 Å². The third kappa shape index (κ3) is 4.88. The first-order valence-corrected chi connectivity index (χ1v) is 10.5. The fraction of sp³-hybridized carbons (Fsp3) is 0.333. The van der Waals surface area contributed by atoms with E-state index in [1.807, 2.05) is 53.4 Å². The van der Waals surface area contributed by atoms with Crippen molar-refractivity contribution >= 4 is 16.9 Å². The van der Waals surface area contributed by atoms with E-state index < -0.39 is 12.0 Å². The second kappa shape index (κ2) is 9.65. The lowest BCUT2D eigenvalue weighted by Gasteiger charge is -2.37. The minimum atomic E-state index is -0.851. The zero-order chi connectivity index (χ0) is 21.6. The molecule has 2 heterocycles. The molecule has 7 nitrogen and oxygen atoms in total. The van der Waals surface area contributed by atoms with Crippen molar-refractivity contribution in [3.63, 3.8) is 0 Å². The van der Waals surface area contributed by atoms with Crippen LogP contribution in [0.15, 0.2) is 54.7 Å². The van der Waals surface area contributed by atoms with Gasteiger partial charge in [-0.2, -0.15) is 5.26 Å². The molecule has 31 heavy (non-hydrogen) atoms. The molecule has 2 aromatic carbocycles. The molecular weight excluding hydrogens is 392 g/mol. The fourth-order valence-electron chi connectivity index (χ4n) is 4.12. The molecule has 2 N–H and O–H groups in total. The molecule has 1 aromatic heterocycles. The zero-order valence-corrected chi connectivity index (χ0v) is 17.3. The van der Waals surface area contributed by atoms with Gasteiger partial charge in [0, 0.05) is 67.9 Å². The van der Waals surface area contributed by atoms with Crippen molar-refractivity contribution in [2.45, 2.75) is 19.1 Å². The summed E-state index contributed by atoms with van der Waals surface area (Å²) in [5.74, 6) is -0.112. The lowest BCUT2D eigenvalue weighted by atomic mass is 10.0. The number of nitrogens with one attached hydrogen (secondary N) is 1. The van der Waals surface area contributed by atoms with E-state index in [1.165, 1.54) is 0 Å². The minimum absolute atomic E-state index is 0.480. The quantitative estimate of drug-likeness (QED) is 0.582. The van der Waals surface area contributed by atoms with E-state index in [2.05, 4.69) is 16.0 Å². The standard InChI is InChI=1S/C24H26N4O3/c25-9-4-10-27-11-13-28(14-12-27)23(24(29)30)21-16-26-22-15-19(7-8-20(21)22)31-17-18-5-2-1-3-6-18/h1-3,5-8,15-16,23,26H,4,10-14,17H2,(H,29,30)/t23-/m1/s1. The number of ether oxygens (including phenoxy) is 1. The van der Waals surface area contributed by atoms with Gasteiger partial charge in [0.15, 0.2) is 0 Å². The number of fused-ring (bicyclic) bond motifs is 1. The first kappa shape index (κ1) is 20.9. The van der Waals surface area contributed by atoms with Crippen LogP contribution in [0.1, 0.15) is 23.6 Å². The van der Waals surface area contributed by atoms with Crippen molar-refractivity contribution in [1.82, 2.24) is 14.8 Å². The summed E-state index contributed by atoms with van der Waals surface area (Å²) in [6.07, 6.45) is 2.30. The Balaban J connectivity index is 1.48. The highest BCUT2D eigenvalue weighted by molar-refractivity contribution is 5.90. The van der Waals surface area contributed by atoms with Gasteiger partial charge in [0.05, 0.1) is 6.07 Å². The Kier molecular flexibility index (Phi) is 6.51. The van der Waals surface area contributed by atoms with E-state index in [4.69, 9.17) is 10.00 Å². The number of benzene rings is 2. The fourth-order valence-corrected chi connectivity index (χ4v) is 4.12. The highest BCUT2D eigenvalue weighted by atomic mass is 16.5. The maximum Gasteiger partial charge on any atom is 0.325 e. The molecule has 1 aliphatic rings. The number of piperazine rings is 1. The van der Waals surface area contributed by atoms with Gasteiger partial charge in [-0.15, -0.1) is 0 Å². The van der Waals surface area contributed by atoms with Gasteiger partial charge in [0.25, 0.3) is 0 Å².